The average Bonchev–Trinajstić information content (AvgIpc) is 2.99. The first-order valence-corrected chi connectivity index (χ1v) is 10.0. The molecule has 8 nitrogen and oxygen atoms in total. The number of carbonyl (C=O) groups is 1. The summed E-state index contributed by atoms with van der Waals surface area (Å²) >= 11 is 4.87. The number of sulfonamides is 1. The SMILES string of the molecule is C=CCOC(=O)N1C[C@H](S(=O)(=O)NC)[C@](NC(N)=S)(c2ccc(F)cc2F)C1. The Bertz CT molecular complexity index is 897. The average molecular weight is 434 g/mol. The minimum absolute atomic E-state index is 0.0978. The van der Waals surface area contributed by atoms with E-state index < -0.39 is 38.5 Å². The normalized spacial score (nSPS) is 22.0. The Hall–Kier alpha value is -2.31. The number of thiocarbonyl (C=S) groups is 1. The zero-order valence-corrected chi connectivity index (χ0v) is 16.6. The maximum Gasteiger partial charge on any atom is 0.410 e. The molecule has 0 aromatic heterocycles. The highest BCUT2D eigenvalue weighted by Crippen LogP contribution is 2.38. The minimum atomic E-state index is -4.07. The number of halogens is 2. The van der Waals surface area contributed by atoms with Crippen LogP contribution in [0.15, 0.2) is 30.9 Å². The second kappa shape index (κ2) is 8.37. The summed E-state index contributed by atoms with van der Waals surface area (Å²) in [4.78, 5) is 13.4. The summed E-state index contributed by atoms with van der Waals surface area (Å²) in [5.41, 5.74) is 3.61. The van der Waals surface area contributed by atoms with Gasteiger partial charge in [0.1, 0.15) is 29.0 Å². The van der Waals surface area contributed by atoms with Crippen molar-refractivity contribution in [1.29, 1.82) is 0 Å². The van der Waals surface area contributed by atoms with Crippen molar-refractivity contribution >= 4 is 33.4 Å². The largest absolute Gasteiger partial charge is 0.445 e. The Balaban J connectivity index is 2.64. The number of likely N-dealkylation sites (tertiary alicyclic amines) is 1. The predicted molar refractivity (Wildman–Crippen MR) is 103 cm³/mol. The second-order valence-electron chi connectivity index (χ2n) is 6.07. The van der Waals surface area contributed by atoms with Crippen LogP contribution in [0.4, 0.5) is 13.6 Å². The van der Waals surface area contributed by atoms with Gasteiger partial charge < -0.3 is 20.7 Å². The molecule has 2 atom stereocenters. The Morgan fingerprint density at radius 3 is 2.75 bits per heavy atom. The van der Waals surface area contributed by atoms with Gasteiger partial charge in [0, 0.05) is 18.2 Å². The molecule has 0 saturated carbocycles. The van der Waals surface area contributed by atoms with Crippen molar-refractivity contribution in [1.82, 2.24) is 14.9 Å². The lowest BCUT2D eigenvalue weighted by atomic mass is 9.88. The van der Waals surface area contributed by atoms with E-state index in [1.807, 2.05) is 0 Å². The molecule has 1 aliphatic heterocycles. The van der Waals surface area contributed by atoms with Gasteiger partial charge in [-0.25, -0.2) is 26.7 Å². The van der Waals surface area contributed by atoms with Crippen LogP contribution in [0.3, 0.4) is 0 Å². The zero-order valence-electron chi connectivity index (χ0n) is 14.9. The minimum Gasteiger partial charge on any atom is -0.445 e. The predicted octanol–water partition coefficient (Wildman–Crippen LogP) is 0.549. The van der Waals surface area contributed by atoms with Crippen LogP contribution in [0.5, 0.6) is 0 Å². The summed E-state index contributed by atoms with van der Waals surface area (Å²) < 4.78 is 60.6. The Morgan fingerprint density at radius 2 is 2.21 bits per heavy atom. The molecule has 2 rings (SSSR count). The molecule has 28 heavy (non-hydrogen) atoms. The fourth-order valence-corrected chi connectivity index (χ4v) is 4.84. The molecule has 1 heterocycles. The van der Waals surface area contributed by atoms with Crippen LogP contribution in [0.2, 0.25) is 0 Å². The molecule has 0 aliphatic carbocycles. The van der Waals surface area contributed by atoms with Crippen LogP contribution in [0.1, 0.15) is 5.56 Å². The lowest BCUT2D eigenvalue weighted by Crippen LogP contribution is -2.59. The number of nitrogens with zero attached hydrogens (tertiary/aromatic N) is 1. The first kappa shape index (κ1) is 22.0. The summed E-state index contributed by atoms with van der Waals surface area (Å²) in [6.07, 6.45) is 0.515. The van der Waals surface area contributed by atoms with Crippen LogP contribution < -0.4 is 15.8 Å². The van der Waals surface area contributed by atoms with E-state index in [2.05, 4.69) is 16.6 Å². The molecule has 154 valence electrons. The van der Waals surface area contributed by atoms with Gasteiger partial charge in [-0.1, -0.05) is 18.7 Å². The molecule has 1 amide bonds. The first-order chi connectivity index (χ1) is 13.1. The summed E-state index contributed by atoms with van der Waals surface area (Å²) in [5.74, 6) is -1.86. The monoisotopic (exact) mass is 434 g/mol. The van der Waals surface area contributed by atoms with Crippen molar-refractivity contribution < 1.29 is 26.7 Å². The molecular formula is C16H20F2N4O4S2. The zero-order chi connectivity index (χ0) is 21.1. The van der Waals surface area contributed by atoms with Crippen LogP contribution in [-0.2, 0) is 20.3 Å². The number of amides is 1. The smallest absolute Gasteiger partial charge is 0.410 e. The number of rotatable bonds is 6. The molecule has 0 radical (unpaired) electrons. The summed E-state index contributed by atoms with van der Waals surface area (Å²) in [5, 5.41) is 0.903. The molecule has 1 aromatic carbocycles. The lowest BCUT2D eigenvalue weighted by molar-refractivity contribution is 0.118. The van der Waals surface area contributed by atoms with Gasteiger partial charge in [-0.05, 0) is 25.3 Å². The van der Waals surface area contributed by atoms with Crippen molar-refractivity contribution in [2.45, 2.75) is 10.8 Å². The third-order valence-corrected chi connectivity index (χ3v) is 6.35. The molecule has 0 unspecified atom stereocenters. The number of nitrogens with one attached hydrogen (secondary N) is 2. The number of hydrogen-bond donors (Lipinski definition) is 3. The summed E-state index contributed by atoms with van der Waals surface area (Å²) in [6, 6.07) is 2.68. The molecule has 12 heteroatoms. The second-order valence-corrected chi connectivity index (χ2v) is 8.58. The van der Waals surface area contributed by atoms with Gasteiger partial charge in [0.05, 0.1) is 6.54 Å². The number of ether oxygens (including phenoxy) is 1. The van der Waals surface area contributed by atoms with Gasteiger partial charge in [0.25, 0.3) is 0 Å². The van der Waals surface area contributed by atoms with Gasteiger partial charge in [-0.2, -0.15) is 0 Å². The Morgan fingerprint density at radius 1 is 1.54 bits per heavy atom. The van der Waals surface area contributed by atoms with Crippen LogP contribution >= 0.6 is 12.2 Å². The van der Waals surface area contributed by atoms with E-state index in [1.54, 1.807) is 0 Å². The fraction of sp³-hybridized carbons (Fsp3) is 0.375. The number of carbonyl (C=O) groups excluding carboxylic acids is 1. The van der Waals surface area contributed by atoms with Crippen molar-refractivity contribution in [3.63, 3.8) is 0 Å². The van der Waals surface area contributed by atoms with E-state index in [4.69, 9.17) is 22.7 Å². The third-order valence-electron chi connectivity index (χ3n) is 4.38. The maximum absolute atomic E-state index is 14.7. The third kappa shape index (κ3) is 4.23. The van der Waals surface area contributed by atoms with Crippen molar-refractivity contribution in [2.75, 3.05) is 26.7 Å². The quantitative estimate of drug-likeness (QED) is 0.443. The number of hydrogen-bond acceptors (Lipinski definition) is 5. The standard InChI is InChI=1S/C16H20F2N4O4S2/c1-3-6-26-15(23)22-8-13(28(24,25)20-2)16(9-22,21-14(19)27)11-5-4-10(17)7-12(11)18/h3-5,7,13,20H,1,6,8-9H2,2H3,(H3,19,21,27)/t13-,16+/m0/s1. The van der Waals surface area contributed by atoms with E-state index >= 15 is 0 Å². The molecule has 1 aliphatic rings. The molecule has 4 N–H and O–H groups in total. The highest BCUT2D eigenvalue weighted by Gasteiger charge is 2.56. The molecular weight excluding hydrogens is 414 g/mol. The van der Waals surface area contributed by atoms with Crippen LogP contribution in [0.25, 0.3) is 0 Å². The fourth-order valence-electron chi connectivity index (χ4n) is 3.21. The highest BCUT2D eigenvalue weighted by atomic mass is 32.2. The lowest BCUT2D eigenvalue weighted by Gasteiger charge is -2.35. The molecule has 0 spiro atoms. The van der Waals surface area contributed by atoms with Gasteiger partial charge in [-0.3, -0.25) is 0 Å². The maximum atomic E-state index is 14.7. The van der Waals surface area contributed by atoms with E-state index in [-0.39, 0.29) is 30.4 Å². The number of nitrogens with two attached hydrogens (primary N) is 1. The summed E-state index contributed by atoms with van der Waals surface area (Å²) in [7, 11) is -2.89. The van der Waals surface area contributed by atoms with Crippen molar-refractivity contribution in [2.24, 2.45) is 5.73 Å². The van der Waals surface area contributed by atoms with E-state index in [1.165, 1.54) is 13.1 Å². The Kier molecular flexibility index (Phi) is 6.57. The topological polar surface area (TPSA) is 114 Å². The Labute approximate surface area is 166 Å². The van der Waals surface area contributed by atoms with Gasteiger partial charge >= 0.3 is 6.09 Å². The molecule has 0 bridgehead atoms. The summed E-state index contributed by atoms with van der Waals surface area (Å²) in [6.45, 7) is 2.65. The van der Waals surface area contributed by atoms with Gasteiger partial charge in [-0.15, -0.1) is 0 Å². The van der Waals surface area contributed by atoms with Crippen molar-refractivity contribution in [3.8, 4) is 0 Å². The van der Waals surface area contributed by atoms with E-state index in [0.29, 0.717) is 6.07 Å². The highest BCUT2D eigenvalue weighted by molar-refractivity contribution is 7.90. The van der Waals surface area contributed by atoms with Crippen LogP contribution in [-0.4, -0.2) is 56.5 Å². The van der Waals surface area contributed by atoms with Crippen molar-refractivity contribution in [3.05, 3.63) is 48.1 Å². The first-order valence-electron chi connectivity index (χ1n) is 8.05. The molecule has 1 aromatic rings. The van der Waals surface area contributed by atoms with Gasteiger partial charge in [0.15, 0.2) is 5.11 Å². The molecule has 1 fully saturated rings. The van der Waals surface area contributed by atoms with Crippen LogP contribution in [0, 0.1) is 11.6 Å². The molecule has 1 saturated heterocycles. The van der Waals surface area contributed by atoms with Gasteiger partial charge in [0.2, 0.25) is 10.0 Å². The number of benzene rings is 1. The van der Waals surface area contributed by atoms with E-state index in [9.17, 15) is 22.0 Å². The van der Waals surface area contributed by atoms with E-state index in [0.717, 1.165) is 17.0 Å².